The number of Topliss-reactive ketones (excluding diaryl/α,β-unsaturated/α-hetero) is 1. The van der Waals surface area contributed by atoms with Crippen LogP contribution in [-0.2, 0) is 6.42 Å². The summed E-state index contributed by atoms with van der Waals surface area (Å²) in [6.45, 7) is 4.49. The van der Waals surface area contributed by atoms with Crippen molar-refractivity contribution in [1.82, 2.24) is 0 Å². The van der Waals surface area contributed by atoms with E-state index in [2.05, 4.69) is 6.92 Å². The number of carbonyl (C=O) groups is 2. The molecule has 0 amide bonds. The molecule has 3 heteroatoms. The van der Waals surface area contributed by atoms with Gasteiger partial charge in [0, 0.05) is 12.0 Å². The van der Waals surface area contributed by atoms with Crippen molar-refractivity contribution in [3.05, 3.63) is 34.4 Å². The third-order valence-electron chi connectivity index (χ3n) is 7.63. The van der Waals surface area contributed by atoms with Gasteiger partial charge in [-0.1, -0.05) is 20.3 Å². The summed E-state index contributed by atoms with van der Waals surface area (Å²) < 4.78 is 0. The molecule has 2 saturated carbocycles. The average molecular weight is 354 g/mol. The number of aryl methyl sites for hydroxylation is 1. The van der Waals surface area contributed by atoms with E-state index in [1.165, 1.54) is 31.2 Å². The predicted octanol–water partition coefficient (Wildman–Crippen LogP) is 5.61. The van der Waals surface area contributed by atoms with Crippen molar-refractivity contribution in [2.75, 3.05) is 0 Å². The van der Waals surface area contributed by atoms with Crippen LogP contribution in [0.15, 0.2) is 12.1 Å². The summed E-state index contributed by atoms with van der Waals surface area (Å²) in [6.07, 6.45) is 9.83. The molecule has 0 saturated heterocycles. The van der Waals surface area contributed by atoms with Gasteiger partial charge in [0.1, 0.15) is 0 Å². The Kier molecular flexibility index (Phi) is 4.45. The monoisotopic (exact) mass is 354 g/mol. The summed E-state index contributed by atoms with van der Waals surface area (Å²) in [4.78, 5) is 24.4. The summed E-state index contributed by atoms with van der Waals surface area (Å²) in [7, 11) is 0. The van der Waals surface area contributed by atoms with Crippen LogP contribution in [0.4, 0.5) is 0 Å². The first-order valence-electron chi connectivity index (χ1n) is 10.4. The van der Waals surface area contributed by atoms with E-state index in [1.54, 1.807) is 6.07 Å². The first-order chi connectivity index (χ1) is 12.4. The van der Waals surface area contributed by atoms with Crippen LogP contribution < -0.4 is 0 Å². The van der Waals surface area contributed by atoms with E-state index >= 15 is 0 Å². The molecule has 0 aromatic heterocycles. The van der Waals surface area contributed by atoms with Crippen molar-refractivity contribution in [2.24, 2.45) is 17.3 Å². The fourth-order valence-electron chi connectivity index (χ4n) is 6.44. The molecule has 0 bridgehead atoms. The maximum absolute atomic E-state index is 12.9. The molecular weight excluding hydrogens is 324 g/mol. The lowest BCUT2D eigenvalue weighted by Gasteiger charge is -2.49. The molecule has 26 heavy (non-hydrogen) atoms. The SMILES string of the molecule is CCCC(=O)c1cc(C(=O)O)cc2c1[C@H]1CC[C@]3(C)CCC[C@H]3[C@@H]1CC2. The highest BCUT2D eigenvalue weighted by Crippen LogP contribution is 2.61. The zero-order valence-electron chi connectivity index (χ0n) is 16.0. The van der Waals surface area contributed by atoms with E-state index in [-0.39, 0.29) is 11.3 Å². The molecule has 1 N–H and O–H groups in total. The van der Waals surface area contributed by atoms with Gasteiger partial charge < -0.3 is 5.11 Å². The maximum Gasteiger partial charge on any atom is 0.335 e. The van der Waals surface area contributed by atoms with Crippen molar-refractivity contribution in [3.8, 4) is 0 Å². The number of carbonyl (C=O) groups excluding carboxylic acids is 1. The van der Waals surface area contributed by atoms with Crippen LogP contribution in [0.1, 0.15) is 103 Å². The Labute approximate surface area is 156 Å². The maximum atomic E-state index is 12.9. The van der Waals surface area contributed by atoms with Crippen LogP contribution in [-0.4, -0.2) is 16.9 Å². The van der Waals surface area contributed by atoms with Crippen molar-refractivity contribution < 1.29 is 14.7 Å². The molecule has 0 unspecified atom stereocenters. The van der Waals surface area contributed by atoms with Crippen molar-refractivity contribution in [3.63, 3.8) is 0 Å². The summed E-state index contributed by atoms with van der Waals surface area (Å²) >= 11 is 0. The molecule has 1 aromatic rings. The van der Waals surface area contributed by atoms with Crippen LogP contribution in [0.3, 0.4) is 0 Å². The molecule has 0 aliphatic heterocycles. The fraction of sp³-hybridized carbons (Fsp3) is 0.652. The summed E-state index contributed by atoms with van der Waals surface area (Å²) in [5, 5.41) is 9.50. The molecule has 0 spiro atoms. The summed E-state index contributed by atoms with van der Waals surface area (Å²) in [5.74, 6) is 1.11. The number of aromatic carboxylic acids is 1. The first-order valence-corrected chi connectivity index (χ1v) is 10.4. The molecule has 2 fully saturated rings. The van der Waals surface area contributed by atoms with Gasteiger partial charge in [0.15, 0.2) is 5.78 Å². The number of carboxylic acid groups (broad SMARTS) is 1. The van der Waals surface area contributed by atoms with E-state index < -0.39 is 5.97 Å². The highest BCUT2D eigenvalue weighted by Gasteiger charge is 2.50. The minimum Gasteiger partial charge on any atom is -0.478 e. The zero-order chi connectivity index (χ0) is 18.5. The van der Waals surface area contributed by atoms with E-state index in [0.717, 1.165) is 42.7 Å². The van der Waals surface area contributed by atoms with Gasteiger partial charge >= 0.3 is 5.97 Å². The Bertz CT molecular complexity index is 750. The number of ketones is 1. The highest BCUT2D eigenvalue weighted by molar-refractivity contribution is 6.00. The lowest BCUT2D eigenvalue weighted by atomic mass is 9.55. The van der Waals surface area contributed by atoms with Gasteiger partial charge in [-0.3, -0.25) is 4.79 Å². The molecule has 3 aliphatic carbocycles. The van der Waals surface area contributed by atoms with Gasteiger partial charge in [0.25, 0.3) is 0 Å². The third-order valence-corrected chi connectivity index (χ3v) is 7.63. The van der Waals surface area contributed by atoms with Gasteiger partial charge in [0.05, 0.1) is 5.56 Å². The fourth-order valence-corrected chi connectivity index (χ4v) is 6.44. The lowest BCUT2D eigenvalue weighted by molar-refractivity contribution is 0.0592. The average Bonchev–Trinajstić information content (AvgIpc) is 3.02. The number of fused-ring (bicyclic) bond motifs is 5. The Morgan fingerprint density at radius 2 is 2.00 bits per heavy atom. The molecular formula is C23H30O3. The second kappa shape index (κ2) is 6.51. The Morgan fingerprint density at radius 3 is 2.73 bits per heavy atom. The predicted molar refractivity (Wildman–Crippen MR) is 102 cm³/mol. The van der Waals surface area contributed by atoms with Crippen molar-refractivity contribution in [2.45, 2.75) is 77.6 Å². The largest absolute Gasteiger partial charge is 0.478 e. The number of hydrogen-bond acceptors (Lipinski definition) is 2. The Hall–Kier alpha value is -1.64. The summed E-state index contributed by atoms with van der Waals surface area (Å²) in [5.41, 5.74) is 3.85. The molecule has 1 aromatic carbocycles. The molecule has 140 valence electrons. The molecule has 0 radical (unpaired) electrons. The van der Waals surface area contributed by atoms with Crippen molar-refractivity contribution in [1.29, 1.82) is 0 Å². The molecule has 3 nitrogen and oxygen atoms in total. The van der Waals surface area contributed by atoms with Crippen LogP contribution in [0, 0.1) is 17.3 Å². The number of hydrogen-bond donors (Lipinski definition) is 1. The van der Waals surface area contributed by atoms with Gasteiger partial charge in [0.2, 0.25) is 0 Å². The molecule has 0 heterocycles. The van der Waals surface area contributed by atoms with Crippen LogP contribution in [0.5, 0.6) is 0 Å². The van der Waals surface area contributed by atoms with E-state index in [4.69, 9.17) is 0 Å². The number of benzene rings is 1. The van der Waals surface area contributed by atoms with Crippen LogP contribution in [0.2, 0.25) is 0 Å². The topological polar surface area (TPSA) is 54.4 Å². The minimum atomic E-state index is -0.924. The molecule has 3 aliphatic rings. The minimum absolute atomic E-state index is 0.132. The van der Waals surface area contributed by atoms with Crippen LogP contribution >= 0.6 is 0 Å². The third kappa shape index (κ3) is 2.71. The van der Waals surface area contributed by atoms with Gasteiger partial charge in [-0.05, 0) is 91.4 Å². The van der Waals surface area contributed by atoms with E-state index in [0.29, 0.717) is 23.7 Å². The smallest absolute Gasteiger partial charge is 0.335 e. The number of rotatable bonds is 4. The molecule has 4 atom stereocenters. The zero-order valence-corrected chi connectivity index (χ0v) is 16.0. The lowest BCUT2D eigenvalue weighted by Crippen LogP contribution is -2.40. The first kappa shape index (κ1) is 17.8. The number of carboxylic acids is 1. The van der Waals surface area contributed by atoms with E-state index in [1.807, 2.05) is 13.0 Å². The Balaban J connectivity index is 1.80. The quantitative estimate of drug-likeness (QED) is 0.715. The standard InChI is InChI=1S/C23H30O3/c1-3-5-20(24)18-13-15(22(25)26)12-14-7-8-16-17(21(14)18)9-11-23(2)10-4-6-19(16)23/h12-13,16-17,19H,3-11H2,1-2H3,(H,25,26)/t16-,17+,19+,23+/m1/s1. The van der Waals surface area contributed by atoms with E-state index in [9.17, 15) is 14.7 Å². The molecule has 4 rings (SSSR count). The van der Waals surface area contributed by atoms with Gasteiger partial charge in [-0.2, -0.15) is 0 Å². The van der Waals surface area contributed by atoms with Crippen molar-refractivity contribution >= 4 is 11.8 Å². The summed E-state index contributed by atoms with van der Waals surface area (Å²) in [6, 6.07) is 3.52. The van der Waals surface area contributed by atoms with Gasteiger partial charge in [-0.25, -0.2) is 4.79 Å². The second-order valence-electron chi connectivity index (χ2n) is 9.08. The normalized spacial score (nSPS) is 32.5. The van der Waals surface area contributed by atoms with Crippen LogP contribution in [0.25, 0.3) is 0 Å². The highest BCUT2D eigenvalue weighted by atomic mass is 16.4. The Morgan fingerprint density at radius 1 is 1.19 bits per heavy atom. The van der Waals surface area contributed by atoms with Gasteiger partial charge in [-0.15, -0.1) is 0 Å². The second-order valence-corrected chi connectivity index (χ2v) is 9.08.